The van der Waals surface area contributed by atoms with E-state index in [9.17, 15) is 0 Å². The number of pyridine rings is 1. The van der Waals surface area contributed by atoms with Crippen molar-refractivity contribution in [3.05, 3.63) is 48.3 Å². The predicted octanol–water partition coefficient (Wildman–Crippen LogP) is 2.57. The monoisotopic (exact) mass is 240 g/mol. The lowest BCUT2D eigenvalue weighted by molar-refractivity contribution is 0.415. The maximum absolute atomic E-state index is 5.83. The number of ether oxygens (including phenoxy) is 1. The van der Waals surface area contributed by atoms with Gasteiger partial charge in [0.2, 0.25) is 0 Å². The molecule has 0 spiro atoms. The fourth-order valence-corrected chi connectivity index (χ4v) is 2.15. The lowest BCUT2D eigenvalue weighted by Gasteiger charge is -2.05. The van der Waals surface area contributed by atoms with Gasteiger partial charge in [0.25, 0.3) is 0 Å². The number of hydrogen-bond acceptors (Lipinski definition) is 3. The smallest absolute Gasteiger partial charge is 0.119 e. The minimum atomic E-state index is 0.306. The standard InChI is InChI=1S/C15H16N2O/c1-18-12-4-2-3-10(7-12)11-5-6-15(17-9-11)13-8-14(13)16/h2-7,9,13-14H,8,16H2,1H3/t13-,14+/m1/s1. The molecule has 0 amide bonds. The van der Waals surface area contributed by atoms with Gasteiger partial charge in [-0.15, -0.1) is 0 Å². The zero-order valence-corrected chi connectivity index (χ0v) is 10.3. The topological polar surface area (TPSA) is 48.1 Å². The van der Waals surface area contributed by atoms with Crippen molar-refractivity contribution in [3.63, 3.8) is 0 Å². The molecule has 3 rings (SSSR count). The van der Waals surface area contributed by atoms with Crippen LogP contribution in [-0.2, 0) is 0 Å². The number of nitrogens with two attached hydrogens (primary N) is 1. The highest BCUT2D eigenvalue weighted by Crippen LogP contribution is 2.38. The van der Waals surface area contributed by atoms with Crippen LogP contribution < -0.4 is 10.5 Å². The second kappa shape index (κ2) is 4.42. The maximum atomic E-state index is 5.83. The summed E-state index contributed by atoms with van der Waals surface area (Å²) in [5.41, 5.74) is 9.16. The Hall–Kier alpha value is -1.87. The molecule has 1 fully saturated rings. The predicted molar refractivity (Wildman–Crippen MR) is 71.6 cm³/mol. The van der Waals surface area contributed by atoms with Crippen LogP contribution in [0.1, 0.15) is 18.0 Å². The third-order valence-corrected chi connectivity index (χ3v) is 3.41. The van der Waals surface area contributed by atoms with E-state index < -0.39 is 0 Å². The van der Waals surface area contributed by atoms with Gasteiger partial charge in [0.05, 0.1) is 7.11 Å². The lowest BCUT2D eigenvalue weighted by Crippen LogP contribution is -2.01. The molecule has 1 aromatic carbocycles. The normalized spacial score (nSPS) is 21.7. The van der Waals surface area contributed by atoms with Gasteiger partial charge >= 0.3 is 0 Å². The highest BCUT2D eigenvalue weighted by atomic mass is 16.5. The van der Waals surface area contributed by atoms with Crippen LogP contribution in [0.25, 0.3) is 11.1 Å². The summed E-state index contributed by atoms with van der Waals surface area (Å²) in [4.78, 5) is 4.50. The number of nitrogens with zero attached hydrogens (tertiary/aromatic N) is 1. The van der Waals surface area contributed by atoms with E-state index in [1.807, 2.05) is 24.4 Å². The van der Waals surface area contributed by atoms with Gasteiger partial charge in [-0.1, -0.05) is 18.2 Å². The number of methoxy groups -OCH3 is 1. The summed E-state index contributed by atoms with van der Waals surface area (Å²) in [5.74, 6) is 1.32. The van der Waals surface area contributed by atoms with Crippen LogP contribution in [0.5, 0.6) is 5.75 Å². The molecule has 2 N–H and O–H groups in total. The highest BCUT2D eigenvalue weighted by molar-refractivity contribution is 5.64. The first kappa shape index (κ1) is 11.2. The molecule has 18 heavy (non-hydrogen) atoms. The molecule has 2 atom stereocenters. The van der Waals surface area contributed by atoms with Gasteiger partial charge in [-0.25, -0.2) is 0 Å². The second-order valence-corrected chi connectivity index (χ2v) is 4.71. The van der Waals surface area contributed by atoms with E-state index in [4.69, 9.17) is 10.5 Å². The largest absolute Gasteiger partial charge is 0.497 e. The first-order chi connectivity index (χ1) is 8.78. The van der Waals surface area contributed by atoms with E-state index in [2.05, 4.69) is 23.2 Å². The summed E-state index contributed by atoms with van der Waals surface area (Å²) in [7, 11) is 1.68. The van der Waals surface area contributed by atoms with Crippen LogP contribution in [0.4, 0.5) is 0 Å². The minimum Gasteiger partial charge on any atom is -0.497 e. The Kier molecular flexibility index (Phi) is 2.76. The van der Waals surface area contributed by atoms with Crippen LogP contribution in [0.3, 0.4) is 0 Å². The number of hydrogen-bond donors (Lipinski definition) is 1. The van der Waals surface area contributed by atoms with Gasteiger partial charge in [-0.3, -0.25) is 4.98 Å². The molecule has 1 aromatic heterocycles. The summed E-state index contributed by atoms with van der Waals surface area (Å²) in [6.45, 7) is 0. The van der Waals surface area contributed by atoms with Crippen LogP contribution in [-0.4, -0.2) is 18.1 Å². The molecule has 0 saturated heterocycles. The Bertz CT molecular complexity index is 551. The molecule has 92 valence electrons. The quantitative estimate of drug-likeness (QED) is 0.897. The van der Waals surface area contributed by atoms with Crippen molar-refractivity contribution in [3.8, 4) is 16.9 Å². The molecule has 3 heteroatoms. The zero-order chi connectivity index (χ0) is 12.5. The molecule has 1 aliphatic rings. The van der Waals surface area contributed by atoms with Gasteiger partial charge in [-0.2, -0.15) is 0 Å². The molecular weight excluding hydrogens is 224 g/mol. The molecule has 0 bridgehead atoms. The van der Waals surface area contributed by atoms with Crippen molar-refractivity contribution < 1.29 is 4.74 Å². The SMILES string of the molecule is COc1cccc(-c2ccc([C@@H]3C[C@@H]3N)nc2)c1. The molecular formula is C15H16N2O. The average molecular weight is 240 g/mol. The molecule has 0 aliphatic heterocycles. The van der Waals surface area contributed by atoms with Crippen molar-refractivity contribution in [2.75, 3.05) is 7.11 Å². The van der Waals surface area contributed by atoms with Crippen LogP contribution in [0, 0.1) is 0 Å². The lowest BCUT2D eigenvalue weighted by atomic mass is 10.1. The van der Waals surface area contributed by atoms with E-state index in [1.165, 1.54) is 0 Å². The van der Waals surface area contributed by atoms with Crippen molar-refractivity contribution in [1.29, 1.82) is 0 Å². The molecule has 1 aliphatic carbocycles. The van der Waals surface area contributed by atoms with Gasteiger partial charge in [0, 0.05) is 29.4 Å². The fourth-order valence-electron chi connectivity index (χ4n) is 2.15. The van der Waals surface area contributed by atoms with Crippen LogP contribution in [0.2, 0.25) is 0 Å². The first-order valence-electron chi connectivity index (χ1n) is 6.14. The van der Waals surface area contributed by atoms with E-state index in [1.54, 1.807) is 7.11 Å². The fraction of sp³-hybridized carbons (Fsp3) is 0.267. The zero-order valence-electron chi connectivity index (χ0n) is 10.3. The number of rotatable bonds is 3. The van der Waals surface area contributed by atoms with Crippen molar-refractivity contribution >= 4 is 0 Å². The van der Waals surface area contributed by atoms with E-state index >= 15 is 0 Å². The third-order valence-electron chi connectivity index (χ3n) is 3.41. The van der Waals surface area contributed by atoms with Crippen molar-refractivity contribution in [2.45, 2.75) is 18.4 Å². The Morgan fingerprint density at radius 2 is 2.06 bits per heavy atom. The van der Waals surface area contributed by atoms with Gasteiger partial charge in [0.15, 0.2) is 0 Å². The summed E-state index contributed by atoms with van der Waals surface area (Å²) in [6, 6.07) is 12.5. The summed E-state index contributed by atoms with van der Waals surface area (Å²) >= 11 is 0. The van der Waals surface area contributed by atoms with Crippen molar-refractivity contribution in [1.82, 2.24) is 4.98 Å². The Morgan fingerprint density at radius 3 is 2.67 bits per heavy atom. The molecule has 1 saturated carbocycles. The Morgan fingerprint density at radius 1 is 1.22 bits per heavy atom. The van der Waals surface area contributed by atoms with Crippen molar-refractivity contribution in [2.24, 2.45) is 5.73 Å². The Labute approximate surface area is 107 Å². The molecule has 1 heterocycles. The average Bonchev–Trinajstić information content (AvgIpc) is 3.16. The van der Waals surface area contributed by atoms with Gasteiger partial charge in [0.1, 0.15) is 5.75 Å². The minimum absolute atomic E-state index is 0.306. The van der Waals surface area contributed by atoms with Gasteiger partial charge in [-0.05, 0) is 30.2 Å². The highest BCUT2D eigenvalue weighted by Gasteiger charge is 2.35. The molecule has 0 unspecified atom stereocenters. The first-order valence-corrected chi connectivity index (χ1v) is 6.14. The summed E-state index contributed by atoms with van der Waals surface area (Å²) in [6.07, 6.45) is 2.97. The third kappa shape index (κ3) is 2.09. The van der Waals surface area contributed by atoms with E-state index in [0.29, 0.717) is 12.0 Å². The second-order valence-electron chi connectivity index (χ2n) is 4.71. The molecule has 3 nitrogen and oxygen atoms in total. The van der Waals surface area contributed by atoms with Crippen LogP contribution in [0.15, 0.2) is 42.6 Å². The molecule has 2 aromatic rings. The molecule has 0 radical (unpaired) electrons. The van der Waals surface area contributed by atoms with Gasteiger partial charge < -0.3 is 10.5 Å². The summed E-state index contributed by atoms with van der Waals surface area (Å²) in [5, 5.41) is 0. The Balaban J connectivity index is 1.87. The van der Waals surface area contributed by atoms with E-state index in [-0.39, 0.29) is 0 Å². The van der Waals surface area contributed by atoms with E-state index in [0.717, 1.165) is 29.0 Å². The number of aromatic nitrogens is 1. The maximum Gasteiger partial charge on any atom is 0.119 e. The van der Waals surface area contributed by atoms with Crippen LogP contribution >= 0.6 is 0 Å². The number of benzene rings is 1. The summed E-state index contributed by atoms with van der Waals surface area (Å²) < 4.78 is 5.23.